The molecule has 132 valence electrons. The van der Waals surface area contributed by atoms with Crippen molar-refractivity contribution in [3.63, 3.8) is 0 Å². The first-order valence-electron chi connectivity index (χ1n) is 7.67. The van der Waals surface area contributed by atoms with Gasteiger partial charge in [0.15, 0.2) is 6.10 Å². The van der Waals surface area contributed by atoms with Crippen LogP contribution in [0.15, 0.2) is 53.4 Å². The monoisotopic (exact) mass is 379 g/mol. The Balaban J connectivity index is 2.09. The normalized spacial score (nSPS) is 12.9. The Kier molecular flexibility index (Phi) is 6.73. The van der Waals surface area contributed by atoms with Gasteiger partial charge in [-0.2, -0.15) is 0 Å². The van der Waals surface area contributed by atoms with Crippen molar-refractivity contribution < 1.29 is 18.5 Å². The van der Waals surface area contributed by atoms with Crippen LogP contribution in [0, 0.1) is 0 Å². The van der Waals surface area contributed by atoms with E-state index in [-0.39, 0.29) is 5.56 Å². The highest BCUT2D eigenvalue weighted by Crippen LogP contribution is 2.21. The Morgan fingerprint density at radius 3 is 2.48 bits per heavy atom. The average molecular weight is 380 g/mol. The minimum absolute atomic E-state index is 0.195. The van der Waals surface area contributed by atoms with Crippen molar-refractivity contribution in [1.82, 2.24) is 0 Å². The lowest BCUT2D eigenvalue weighted by atomic mass is 10.2. The van der Waals surface area contributed by atoms with Gasteiger partial charge in [-0.25, -0.2) is 4.79 Å². The molecular weight excluding hydrogens is 362 g/mol. The average Bonchev–Trinajstić information content (AvgIpc) is 2.62. The summed E-state index contributed by atoms with van der Waals surface area (Å²) in [5, 5.41) is 2.99. The summed E-state index contributed by atoms with van der Waals surface area (Å²) in [5.74, 6) is -0.818. The fourth-order valence-corrected chi connectivity index (χ4v) is 3.18. The molecule has 0 unspecified atom stereocenters. The number of halogens is 1. The summed E-state index contributed by atoms with van der Waals surface area (Å²) >= 11 is 5.99. The Labute approximate surface area is 153 Å². The minimum atomic E-state index is -1.30. The van der Waals surface area contributed by atoms with Crippen LogP contribution in [0.2, 0.25) is 5.02 Å². The van der Waals surface area contributed by atoms with Gasteiger partial charge in [-0.3, -0.25) is 9.00 Å². The van der Waals surface area contributed by atoms with Crippen LogP contribution in [-0.4, -0.2) is 27.9 Å². The predicted molar refractivity (Wildman–Crippen MR) is 98.4 cm³/mol. The molecule has 0 bridgehead atoms. The highest BCUT2D eigenvalue weighted by molar-refractivity contribution is 7.85. The van der Waals surface area contributed by atoms with Crippen LogP contribution in [-0.2, 0) is 20.3 Å². The minimum Gasteiger partial charge on any atom is -0.449 e. The molecule has 2 aromatic carbocycles. The summed E-state index contributed by atoms with van der Waals surface area (Å²) in [7, 11) is -1.30. The maximum Gasteiger partial charge on any atom is 0.340 e. The van der Waals surface area contributed by atoms with Gasteiger partial charge < -0.3 is 10.1 Å². The number of anilines is 1. The van der Waals surface area contributed by atoms with Crippen LogP contribution in [0.3, 0.4) is 0 Å². The van der Waals surface area contributed by atoms with E-state index in [1.54, 1.807) is 49.4 Å². The first-order valence-corrected chi connectivity index (χ1v) is 9.37. The molecule has 0 spiro atoms. The molecule has 0 saturated heterocycles. The molecule has 5 nitrogen and oxygen atoms in total. The zero-order chi connectivity index (χ0) is 18.4. The fourth-order valence-electron chi connectivity index (χ4n) is 2.06. The summed E-state index contributed by atoms with van der Waals surface area (Å²) in [5.41, 5.74) is 0.629. The molecule has 2 atom stereocenters. The number of esters is 1. The van der Waals surface area contributed by atoms with E-state index in [0.29, 0.717) is 21.4 Å². The van der Waals surface area contributed by atoms with E-state index in [1.165, 1.54) is 13.0 Å². The van der Waals surface area contributed by atoms with Crippen molar-refractivity contribution in [2.45, 2.75) is 24.8 Å². The predicted octanol–water partition coefficient (Wildman–Crippen LogP) is 3.65. The fraction of sp³-hybridized carbons (Fsp3) is 0.222. The van der Waals surface area contributed by atoms with Gasteiger partial charge in [0.1, 0.15) is 0 Å². The van der Waals surface area contributed by atoms with Crippen molar-refractivity contribution in [3.05, 3.63) is 59.1 Å². The van der Waals surface area contributed by atoms with Gasteiger partial charge in [-0.1, -0.05) is 42.8 Å². The van der Waals surface area contributed by atoms with Crippen LogP contribution >= 0.6 is 11.6 Å². The lowest BCUT2D eigenvalue weighted by Gasteiger charge is -2.15. The van der Waals surface area contributed by atoms with Crippen molar-refractivity contribution >= 4 is 40.0 Å². The van der Waals surface area contributed by atoms with Crippen LogP contribution < -0.4 is 5.32 Å². The first kappa shape index (κ1) is 19.1. The zero-order valence-electron chi connectivity index (χ0n) is 13.8. The van der Waals surface area contributed by atoms with E-state index in [2.05, 4.69) is 5.32 Å². The first-order chi connectivity index (χ1) is 11.9. The van der Waals surface area contributed by atoms with Crippen LogP contribution in [0.5, 0.6) is 0 Å². The maximum atomic E-state index is 12.4. The summed E-state index contributed by atoms with van der Waals surface area (Å²) in [6.45, 7) is 3.22. The topological polar surface area (TPSA) is 72.5 Å². The summed E-state index contributed by atoms with van der Waals surface area (Å²) < 4.78 is 17.3. The molecule has 0 aliphatic heterocycles. The number of amides is 1. The molecule has 0 fully saturated rings. The number of hydrogen-bond acceptors (Lipinski definition) is 4. The van der Waals surface area contributed by atoms with E-state index in [4.69, 9.17) is 16.3 Å². The number of rotatable bonds is 6. The molecule has 25 heavy (non-hydrogen) atoms. The van der Waals surface area contributed by atoms with Gasteiger partial charge in [0.25, 0.3) is 5.91 Å². The van der Waals surface area contributed by atoms with Gasteiger partial charge in [0.05, 0.1) is 32.0 Å². The largest absolute Gasteiger partial charge is 0.449 e. The second kappa shape index (κ2) is 8.78. The number of para-hydroxylation sites is 1. The number of benzene rings is 2. The molecule has 0 saturated carbocycles. The number of ether oxygens (including phenoxy) is 1. The smallest absolute Gasteiger partial charge is 0.340 e. The molecule has 0 aliphatic rings. The number of nitrogens with one attached hydrogen (secondary N) is 1. The summed E-state index contributed by atoms with van der Waals surface area (Å²) in [6, 6.07) is 13.3. The number of carbonyl (C=O) groups excluding carboxylic acids is 2. The maximum absolute atomic E-state index is 12.4. The summed E-state index contributed by atoms with van der Waals surface area (Å²) in [6.07, 6.45) is -1.04. The molecule has 0 heterocycles. The molecule has 0 aliphatic carbocycles. The van der Waals surface area contributed by atoms with E-state index >= 15 is 0 Å². The van der Waals surface area contributed by atoms with E-state index in [1.807, 2.05) is 0 Å². The van der Waals surface area contributed by atoms with Gasteiger partial charge >= 0.3 is 5.97 Å². The standard InChI is InChI=1S/C18H18ClNO4S/c1-3-25(23)16-11-7-4-8-13(16)18(22)24-12(2)17(21)20-15-10-6-5-9-14(15)19/h4-12H,3H2,1-2H3,(H,20,21)/t12-,25-/m0/s1. The van der Waals surface area contributed by atoms with Crippen molar-refractivity contribution in [2.24, 2.45) is 0 Å². The lowest BCUT2D eigenvalue weighted by molar-refractivity contribution is -0.123. The van der Waals surface area contributed by atoms with Gasteiger partial charge in [0.2, 0.25) is 0 Å². The Hall–Kier alpha value is -2.18. The van der Waals surface area contributed by atoms with E-state index in [0.717, 1.165) is 0 Å². The van der Waals surface area contributed by atoms with Crippen LogP contribution in [0.4, 0.5) is 5.69 Å². The molecule has 7 heteroatoms. The van der Waals surface area contributed by atoms with Crippen LogP contribution in [0.1, 0.15) is 24.2 Å². The second-order valence-electron chi connectivity index (χ2n) is 5.15. The number of hydrogen-bond donors (Lipinski definition) is 1. The molecular formula is C18H18ClNO4S. The highest BCUT2D eigenvalue weighted by Gasteiger charge is 2.22. The molecule has 2 rings (SSSR count). The summed E-state index contributed by atoms with van der Waals surface area (Å²) in [4.78, 5) is 25.0. The quantitative estimate of drug-likeness (QED) is 0.777. The van der Waals surface area contributed by atoms with Gasteiger partial charge in [0, 0.05) is 5.75 Å². The third-order valence-electron chi connectivity index (χ3n) is 3.40. The van der Waals surface area contributed by atoms with E-state index in [9.17, 15) is 13.8 Å². The van der Waals surface area contributed by atoms with E-state index < -0.39 is 28.8 Å². The third-order valence-corrected chi connectivity index (χ3v) is 5.10. The van der Waals surface area contributed by atoms with Crippen molar-refractivity contribution in [3.8, 4) is 0 Å². The Morgan fingerprint density at radius 2 is 1.80 bits per heavy atom. The Bertz CT molecular complexity index is 809. The zero-order valence-corrected chi connectivity index (χ0v) is 15.4. The lowest BCUT2D eigenvalue weighted by Crippen LogP contribution is -2.30. The van der Waals surface area contributed by atoms with Crippen molar-refractivity contribution in [2.75, 3.05) is 11.1 Å². The van der Waals surface area contributed by atoms with Crippen LogP contribution in [0.25, 0.3) is 0 Å². The Morgan fingerprint density at radius 1 is 1.16 bits per heavy atom. The van der Waals surface area contributed by atoms with Gasteiger partial charge in [-0.05, 0) is 31.2 Å². The third kappa shape index (κ3) is 4.90. The second-order valence-corrected chi connectivity index (χ2v) is 7.26. The molecule has 2 aromatic rings. The molecule has 1 amide bonds. The molecule has 0 aromatic heterocycles. The SMILES string of the molecule is CC[S@](=O)c1ccccc1C(=O)O[C@@H](C)C(=O)Nc1ccccc1Cl. The highest BCUT2D eigenvalue weighted by atomic mass is 35.5. The van der Waals surface area contributed by atoms with Gasteiger partial charge in [-0.15, -0.1) is 0 Å². The number of carbonyl (C=O) groups is 2. The van der Waals surface area contributed by atoms with Crippen molar-refractivity contribution in [1.29, 1.82) is 0 Å². The molecule has 0 radical (unpaired) electrons. The molecule has 1 N–H and O–H groups in total.